The first-order chi connectivity index (χ1) is 19.2. The van der Waals surface area contributed by atoms with Crippen molar-refractivity contribution < 1.29 is 41.0 Å². The molecule has 0 unspecified atom stereocenters. The van der Waals surface area contributed by atoms with E-state index in [-0.39, 0.29) is 36.5 Å². The minimum atomic E-state index is -1.43. The second-order valence-electron chi connectivity index (χ2n) is 9.78. The number of carbonyl (C=O) groups is 1. The third-order valence-electron chi connectivity index (χ3n) is 7.20. The lowest BCUT2D eigenvalue weighted by Gasteiger charge is -2.29. The van der Waals surface area contributed by atoms with E-state index in [0.717, 1.165) is 18.6 Å². The quantitative estimate of drug-likeness (QED) is 0.107. The van der Waals surface area contributed by atoms with Crippen LogP contribution in [0.15, 0.2) is 42.5 Å². The molecule has 1 saturated carbocycles. The zero-order chi connectivity index (χ0) is 28.8. The minimum Gasteiger partial charge on any atom is -0.491 e. The lowest BCUT2D eigenvalue weighted by Crippen LogP contribution is -2.15. The summed E-state index contributed by atoms with van der Waals surface area (Å²) in [4.78, 5) is 12.5. The fraction of sp³-hybridized carbons (Fsp3) is 0.387. The molecule has 3 aromatic carbocycles. The Morgan fingerprint density at radius 1 is 0.750 bits per heavy atom. The fourth-order valence-corrected chi connectivity index (χ4v) is 5.00. The monoisotopic (exact) mass is 562 g/mol. The Labute approximate surface area is 230 Å². The molecule has 0 bridgehead atoms. The first kappa shape index (κ1) is 29.4. The van der Waals surface area contributed by atoms with Gasteiger partial charge in [-0.2, -0.15) is 8.78 Å². The summed E-state index contributed by atoms with van der Waals surface area (Å²) in [6.07, 6.45) is 3.87. The minimum absolute atomic E-state index is 0.0297. The Bertz CT molecular complexity index is 1350. The van der Waals surface area contributed by atoms with E-state index >= 15 is 0 Å². The zero-order valence-electron chi connectivity index (χ0n) is 22.4. The summed E-state index contributed by atoms with van der Waals surface area (Å²) in [5, 5.41) is 0. The SMILES string of the molecule is CCCCOc1ccc(C(=O)Oc2ccc(C3CCC(c4ccc(OCC)c(F)c4F)CC3)cc2F)c(F)c1F. The van der Waals surface area contributed by atoms with Crippen molar-refractivity contribution in [2.45, 2.75) is 64.2 Å². The molecule has 0 atom stereocenters. The second kappa shape index (κ2) is 13.2. The summed E-state index contributed by atoms with van der Waals surface area (Å²) in [6, 6.07) is 9.28. The molecule has 40 heavy (non-hydrogen) atoms. The molecule has 4 rings (SSSR count). The van der Waals surface area contributed by atoms with Crippen LogP contribution >= 0.6 is 0 Å². The van der Waals surface area contributed by atoms with Gasteiger partial charge in [0.25, 0.3) is 0 Å². The van der Waals surface area contributed by atoms with Gasteiger partial charge in [0.1, 0.15) is 0 Å². The third-order valence-corrected chi connectivity index (χ3v) is 7.20. The van der Waals surface area contributed by atoms with Gasteiger partial charge in [0, 0.05) is 0 Å². The topological polar surface area (TPSA) is 44.8 Å². The largest absolute Gasteiger partial charge is 0.491 e. The van der Waals surface area contributed by atoms with Gasteiger partial charge in [-0.3, -0.25) is 0 Å². The van der Waals surface area contributed by atoms with Crippen LogP contribution in [0.3, 0.4) is 0 Å². The zero-order valence-corrected chi connectivity index (χ0v) is 22.4. The van der Waals surface area contributed by atoms with Crippen molar-refractivity contribution in [2.75, 3.05) is 13.2 Å². The van der Waals surface area contributed by atoms with Crippen LogP contribution in [0.4, 0.5) is 22.0 Å². The number of hydrogen-bond acceptors (Lipinski definition) is 4. The van der Waals surface area contributed by atoms with Crippen molar-refractivity contribution in [1.29, 1.82) is 0 Å². The van der Waals surface area contributed by atoms with Crippen LogP contribution < -0.4 is 14.2 Å². The van der Waals surface area contributed by atoms with Crippen LogP contribution in [0.2, 0.25) is 0 Å². The van der Waals surface area contributed by atoms with Gasteiger partial charge in [-0.05, 0) is 92.3 Å². The van der Waals surface area contributed by atoms with Crippen LogP contribution in [0.5, 0.6) is 17.2 Å². The van der Waals surface area contributed by atoms with Crippen molar-refractivity contribution >= 4 is 5.97 Å². The van der Waals surface area contributed by atoms with E-state index in [2.05, 4.69) is 0 Å². The van der Waals surface area contributed by atoms with Crippen molar-refractivity contribution in [3.63, 3.8) is 0 Å². The molecule has 3 aromatic rings. The molecule has 0 amide bonds. The van der Waals surface area contributed by atoms with Gasteiger partial charge in [-0.15, -0.1) is 0 Å². The average Bonchev–Trinajstić information content (AvgIpc) is 2.95. The average molecular weight is 563 g/mol. The first-order valence-electron chi connectivity index (χ1n) is 13.5. The molecule has 0 aliphatic heterocycles. The van der Waals surface area contributed by atoms with E-state index in [4.69, 9.17) is 14.2 Å². The highest BCUT2D eigenvalue weighted by atomic mass is 19.2. The number of halogens is 5. The molecular formula is C31H31F5O4. The van der Waals surface area contributed by atoms with E-state index in [1.807, 2.05) is 6.92 Å². The van der Waals surface area contributed by atoms with Gasteiger partial charge in [-0.1, -0.05) is 25.5 Å². The van der Waals surface area contributed by atoms with Gasteiger partial charge in [-0.25, -0.2) is 18.0 Å². The molecule has 1 aliphatic carbocycles. The van der Waals surface area contributed by atoms with Crippen LogP contribution in [-0.4, -0.2) is 19.2 Å². The standard InChI is InChI=1S/C31H31F5O4/c1-3-5-16-39-26-15-12-22(28(34)30(26)36)31(37)40-24-13-10-20(17-23(24)32)18-6-8-19(9-7-18)21-11-14-25(38-4-2)29(35)27(21)33/h10-15,17-19H,3-9,16H2,1-2H3. The number of esters is 1. The normalized spacial score (nSPS) is 17.0. The van der Waals surface area contributed by atoms with Gasteiger partial charge in [0.05, 0.1) is 18.8 Å². The maximum atomic E-state index is 14.9. The number of unbranched alkanes of at least 4 members (excludes halogenated alkanes) is 1. The number of benzene rings is 3. The van der Waals surface area contributed by atoms with Crippen molar-refractivity contribution in [1.82, 2.24) is 0 Å². The van der Waals surface area contributed by atoms with Gasteiger partial charge < -0.3 is 14.2 Å². The Balaban J connectivity index is 1.39. The predicted octanol–water partition coefficient (Wildman–Crippen LogP) is 8.62. The van der Waals surface area contributed by atoms with Crippen LogP contribution in [0.25, 0.3) is 0 Å². The molecule has 1 aliphatic rings. The molecule has 0 spiro atoms. The highest BCUT2D eigenvalue weighted by molar-refractivity contribution is 5.91. The fourth-order valence-electron chi connectivity index (χ4n) is 5.00. The highest BCUT2D eigenvalue weighted by Crippen LogP contribution is 2.42. The third kappa shape index (κ3) is 6.40. The molecule has 0 saturated heterocycles. The van der Waals surface area contributed by atoms with Crippen LogP contribution in [0.1, 0.15) is 85.7 Å². The molecule has 1 fully saturated rings. The van der Waals surface area contributed by atoms with Crippen LogP contribution in [-0.2, 0) is 0 Å². The van der Waals surface area contributed by atoms with E-state index in [0.29, 0.717) is 43.2 Å². The highest BCUT2D eigenvalue weighted by Gasteiger charge is 2.28. The molecule has 9 heteroatoms. The second-order valence-corrected chi connectivity index (χ2v) is 9.78. The number of rotatable bonds is 10. The maximum Gasteiger partial charge on any atom is 0.346 e. The van der Waals surface area contributed by atoms with E-state index in [1.165, 1.54) is 18.2 Å². The number of ether oxygens (including phenoxy) is 3. The van der Waals surface area contributed by atoms with Gasteiger partial charge in [0.15, 0.2) is 34.7 Å². The Kier molecular flexibility index (Phi) is 9.66. The Morgan fingerprint density at radius 3 is 2.05 bits per heavy atom. The molecular weight excluding hydrogens is 531 g/mol. The first-order valence-corrected chi connectivity index (χ1v) is 13.5. The van der Waals surface area contributed by atoms with Crippen LogP contribution in [0, 0.1) is 29.1 Å². The van der Waals surface area contributed by atoms with E-state index in [1.54, 1.807) is 19.1 Å². The molecule has 0 aromatic heterocycles. The molecule has 4 nitrogen and oxygen atoms in total. The summed E-state index contributed by atoms with van der Waals surface area (Å²) in [5.74, 6) is -7.77. The van der Waals surface area contributed by atoms with Crippen molar-refractivity contribution in [3.05, 3.63) is 88.2 Å². The van der Waals surface area contributed by atoms with E-state index < -0.39 is 46.4 Å². The predicted molar refractivity (Wildman–Crippen MR) is 140 cm³/mol. The Morgan fingerprint density at radius 2 is 1.38 bits per heavy atom. The van der Waals surface area contributed by atoms with Crippen molar-refractivity contribution in [3.8, 4) is 17.2 Å². The van der Waals surface area contributed by atoms with E-state index in [9.17, 15) is 26.7 Å². The molecule has 214 valence electrons. The molecule has 0 radical (unpaired) electrons. The summed E-state index contributed by atoms with van der Waals surface area (Å²) in [6.45, 7) is 4.04. The number of carbonyl (C=O) groups excluding carboxylic acids is 1. The Hall–Kier alpha value is -3.62. The smallest absolute Gasteiger partial charge is 0.346 e. The summed E-state index contributed by atoms with van der Waals surface area (Å²) in [7, 11) is 0. The summed E-state index contributed by atoms with van der Waals surface area (Å²) < 4.78 is 88.0. The molecule has 0 N–H and O–H groups in total. The number of hydrogen-bond donors (Lipinski definition) is 0. The van der Waals surface area contributed by atoms with Gasteiger partial charge in [0.2, 0.25) is 11.6 Å². The maximum absolute atomic E-state index is 14.9. The molecule has 0 heterocycles. The van der Waals surface area contributed by atoms with Gasteiger partial charge >= 0.3 is 5.97 Å². The summed E-state index contributed by atoms with van der Waals surface area (Å²) in [5.41, 5.74) is 0.289. The summed E-state index contributed by atoms with van der Waals surface area (Å²) >= 11 is 0. The lowest BCUT2D eigenvalue weighted by atomic mass is 9.76. The lowest BCUT2D eigenvalue weighted by molar-refractivity contribution is 0.0721. The van der Waals surface area contributed by atoms with Crippen molar-refractivity contribution in [2.24, 2.45) is 0 Å².